The summed E-state index contributed by atoms with van der Waals surface area (Å²) in [5.41, 5.74) is -1.01. The minimum atomic E-state index is -1.34. The molecule has 30 heavy (non-hydrogen) atoms. The number of amides is 4. The van der Waals surface area contributed by atoms with Crippen LogP contribution in [0.1, 0.15) is 47.1 Å². The number of carbonyl (C=O) groups is 4. The maximum Gasteiger partial charge on any atom is 0.419 e. The first-order chi connectivity index (χ1) is 13.8. The maximum absolute atomic E-state index is 12.8. The SMILES string of the molecule is CC(C)(C)OC(=O)[C@@H]1CN(C(=O)OC(C)(C)C)C(=O)N1C(=O)OCc1ccccc1. The van der Waals surface area contributed by atoms with Crippen molar-refractivity contribution < 1.29 is 33.4 Å². The predicted molar refractivity (Wildman–Crippen MR) is 106 cm³/mol. The maximum atomic E-state index is 12.8. The second-order valence-corrected chi connectivity index (χ2v) is 8.83. The van der Waals surface area contributed by atoms with Crippen molar-refractivity contribution in [2.24, 2.45) is 0 Å². The highest BCUT2D eigenvalue weighted by Crippen LogP contribution is 2.23. The molecule has 0 radical (unpaired) electrons. The largest absolute Gasteiger partial charge is 0.458 e. The number of hydrogen-bond donors (Lipinski definition) is 0. The Labute approximate surface area is 175 Å². The molecule has 4 amide bonds. The highest BCUT2D eigenvalue weighted by molar-refractivity contribution is 6.04. The lowest BCUT2D eigenvalue weighted by Gasteiger charge is -2.24. The highest BCUT2D eigenvalue weighted by Gasteiger charge is 2.51. The number of nitrogens with zero attached hydrogens (tertiary/aromatic N) is 2. The fourth-order valence-electron chi connectivity index (χ4n) is 2.61. The molecule has 0 unspecified atom stereocenters. The minimum absolute atomic E-state index is 0.100. The Kier molecular flexibility index (Phi) is 6.74. The molecule has 0 bridgehead atoms. The topological polar surface area (TPSA) is 102 Å². The first-order valence-electron chi connectivity index (χ1n) is 9.56. The molecule has 1 aliphatic heterocycles. The van der Waals surface area contributed by atoms with Crippen LogP contribution in [0.15, 0.2) is 30.3 Å². The average Bonchev–Trinajstić information content (AvgIpc) is 2.95. The van der Waals surface area contributed by atoms with Gasteiger partial charge >= 0.3 is 24.2 Å². The van der Waals surface area contributed by atoms with Crippen LogP contribution in [-0.4, -0.2) is 57.8 Å². The molecule has 0 spiro atoms. The van der Waals surface area contributed by atoms with Gasteiger partial charge in [0.1, 0.15) is 17.8 Å². The van der Waals surface area contributed by atoms with Crippen LogP contribution in [0.25, 0.3) is 0 Å². The summed E-state index contributed by atoms with van der Waals surface area (Å²) in [6.45, 7) is 9.41. The Hall–Kier alpha value is -3.10. The van der Waals surface area contributed by atoms with E-state index in [9.17, 15) is 19.2 Å². The second-order valence-electron chi connectivity index (χ2n) is 8.83. The lowest BCUT2D eigenvalue weighted by Crippen LogP contribution is -2.46. The van der Waals surface area contributed by atoms with Crippen molar-refractivity contribution in [2.75, 3.05) is 6.54 Å². The molecule has 0 aliphatic carbocycles. The van der Waals surface area contributed by atoms with E-state index in [1.807, 2.05) is 6.07 Å². The molecule has 0 aromatic heterocycles. The molecular weight excluding hydrogens is 392 g/mol. The van der Waals surface area contributed by atoms with Crippen molar-refractivity contribution in [1.29, 1.82) is 0 Å². The van der Waals surface area contributed by atoms with E-state index in [0.29, 0.717) is 15.4 Å². The molecule has 164 valence electrons. The van der Waals surface area contributed by atoms with Gasteiger partial charge in [0.15, 0.2) is 6.04 Å². The third-order valence-electron chi connectivity index (χ3n) is 3.80. The van der Waals surface area contributed by atoms with E-state index in [1.165, 1.54) is 0 Å². The van der Waals surface area contributed by atoms with Crippen LogP contribution in [0.2, 0.25) is 0 Å². The van der Waals surface area contributed by atoms with Gasteiger partial charge in [-0.05, 0) is 47.1 Å². The Bertz CT molecular complexity index is 809. The number of rotatable bonds is 3. The van der Waals surface area contributed by atoms with E-state index in [2.05, 4.69) is 0 Å². The predicted octanol–water partition coefficient (Wildman–Crippen LogP) is 3.71. The van der Waals surface area contributed by atoms with Crippen molar-refractivity contribution in [1.82, 2.24) is 9.80 Å². The molecule has 0 saturated carbocycles. The fraction of sp³-hybridized carbons (Fsp3) is 0.524. The molecule has 0 N–H and O–H groups in total. The Morgan fingerprint density at radius 1 is 0.933 bits per heavy atom. The van der Waals surface area contributed by atoms with E-state index in [-0.39, 0.29) is 13.2 Å². The summed E-state index contributed by atoms with van der Waals surface area (Å²) in [5, 5.41) is 0. The van der Waals surface area contributed by atoms with Gasteiger partial charge in [-0.25, -0.2) is 29.0 Å². The summed E-state index contributed by atoms with van der Waals surface area (Å²) in [6, 6.07) is 6.52. The standard InChI is InChI=1S/C21H28N2O7/c1-20(2,3)29-16(24)15-12-22(18(26)30-21(4,5)6)17(25)23(15)19(27)28-13-14-10-8-7-9-11-14/h7-11,15H,12-13H2,1-6H3/t15-/m0/s1. The Balaban J connectivity index is 2.22. The average molecular weight is 420 g/mol. The number of esters is 1. The van der Waals surface area contributed by atoms with Crippen molar-refractivity contribution in [3.63, 3.8) is 0 Å². The lowest BCUT2D eigenvalue weighted by atomic mass is 10.2. The third-order valence-corrected chi connectivity index (χ3v) is 3.80. The number of urea groups is 1. The van der Waals surface area contributed by atoms with Crippen LogP contribution >= 0.6 is 0 Å². The zero-order valence-corrected chi connectivity index (χ0v) is 18.1. The van der Waals surface area contributed by atoms with Crippen molar-refractivity contribution >= 4 is 24.2 Å². The molecule has 1 aliphatic rings. The number of benzene rings is 1. The van der Waals surface area contributed by atoms with Crippen LogP contribution in [0, 0.1) is 0 Å². The Morgan fingerprint density at radius 3 is 2.03 bits per heavy atom. The van der Waals surface area contributed by atoms with Gasteiger partial charge in [0.25, 0.3) is 0 Å². The molecule has 1 aromatic carbocycles. The molecular formula is C21H28N2O7. The van der Waals surface area contributed by atoms with Gasteiger partial charge in [0.05, 0.1) is 6.54 Å². The van der Waals surface area contributed by atoms with E-state index in [4.69, 9.17) is 14.2 Å². The number of imide groups is 2. The van der Waals surface area contributed by atoms with Gasteiger partial charge in [-0.2, -0.15) is 0 Å². The molecule has 2 rings (SSSR count). The first kappa shape index (κ1) is 23.2. The minimum Gasteiger partial charge on any atom is -0.458 e. The van der Waals surface area contributed by atoms with Gasteiger partial charge in [0.2, 0.25) is 0 Å². The van der Waals surface area contributed by atoms with Crippen LogP contribution in [0.5, 0.6) is 0 Å². The number of carbonyl (C=O) groups excluding carboxylic acids is 4. The number of hydrogen-bond acceptors (Lipinski definition) is 7. The summed E-state index contributed by atoms with van der Waals surface area (Å²) in [5.74, 6) is -0.821. The first-order valence-corrected chi connectivity index (χ1v) is 9.56. The summed E-state index contributed by atoms with van der Waals surface area (Å²) < 4.78 is 15.7. The summed E-state index contributed by atoms with van der Waals surface area (Å²) in [4.78, 5) is 51.8. The molecule has 1 aromatic rings. The van der Waals surface area contributed by atoms with Gasteiger partial charge in [-0.15, -0.1) is 0 Å². The quantitative estimate of drug-likeness (QED) is 0.542. The summed E-state index contributed by atoms with van der Waals surface area (Å²) in [6.07, 6.45) is -2.01. The van der Waals surface area contributed by atoms with Crippen molar-refractivity contribution in [3.05, 3.63) is 35.9 Å². The van der Waals surface area contributed by atoms with E-state index in [1.54, 1.807) is 65.8 Å². The molecule has 1 heterocycles. The van der Waals surface area contributed by atoms with Gasteiger partial charge in [-0.1, -0.05) is 30.3 Å². The zero-order valence-electron chi connectivity index (χ0n) is 18.1. The van der Waals surface area contributed by atoms with Crippen LogP contribution in [0.4, 0.5) is 14.4 Å². The smallest absolute Gasteiger partial charge is 0.419 e. The molecule has 1 atom stereocenters. The molecule has 1 saturated heterocycles. The van der Waals surface area contributed by atoms with E-state index in [0.717, 1.165) is 0 Å². The molecule has 9 nitrogen and oxygen atoms in total. The Morgan fingerprint density at radius 2 is 1.50 bits per heavy atom. The third kappa shape index (κ3) is 6.20. The van der Waals surface area contributed by atoms with E-state index < -0.39 is 41.4 Å². The zero-order chi connectivity index (χ0) is 22.7. The second kappa shape index (κ2) is 8.73. The van der Waals surface area contributed by atoms with E-state index >= 15 is 0 Å². The number of ether oxygens (including phenoxy) is 3. The molecule has 1 fully saturated rings. The van der Waals surface area contributed by atoms with Crippen LogP contribution in [-0.2, 0) is 25.6 Å². The monoisotopic (exact) mass is 420 g/mol. The summed E-state index contributed by atoms with van der Waals surface area (Å²) >= 11 is 0. The normalized spacial score (nSPS) is 17.0. The van der Waals surface area contributed by atoms with Crippen LogP contribution in [0.3, 0.4) is 0 Å². The van der Waals surface area contributed by atoms with Crippen molar-refractivity contribution in [3.8, 4) is 0 Å². The van der Waals surface area contributed by atoms with Crippen LogP contribution < -0.4 is 0 Å². The summed E-state index contributed by atoms with van der Waals surface area (Å²) in [7, 11) is 0. The van der Waals surface area contributed by atoms with Gasteiger partial charge < -0.3 is 14.2 Å². The van der Waals surface area contributed by atoms with Crippen molar-refractivity contribution in [2.45, 2.75) is 65.4 Å². The highest BCUT2D eigenvalue weighted by atomic mass is 16.6. The fourth-order valence-corrected chi connectivity index (χ4v) is 2.61. The van der Waals surface area contributed by atoms with Gasteiger partial charge in [-0.3, -0.25) is 0 Å². The molecule has 9 heteroatoms. The van der Waals surface area contributed by atoms with Gasteiger partial charge in [0, 0.05) is 0 Å². The lowest BCUT2D eigenvalue weighted by molar-refractivity contribution is -0.159.